The lowest BCUT2D eigenvalue weighted by molar-refractivity contribution is -0.121. The zero-order chi connectivity index (χ0) is 26.1. The first-order valence-corrected chi connectivity index (χ1v) is 14.7. The number of hydrogen-bond donors (Lipinski definition) is 2. The van der Waals surface area contributed by atoms with Crippen LogP contribution in [0.25, 0.3) is 11.0 Å². The molecule has 0 bridgehead atoms. The van der Waals surface area contributed by atoms with E-state index < -0.39 is 20.2 Å². The van der Waals surface area contributed by atoms with Crippen LogP contribution in [0.1, 0.15) is 18.4 Å². The fourth-order valence-electron chi connectivity index (χ4n) is 4.25. The molecule has 1 amide bonds. The Bertz CT molecular complexity index is 1480. The summed E-state index contributed by atoms with van der Waals surface area (Å²) in [7, 11) is -3.94. The third-order valence-electron chi connectivity index (χ3n) is 6.07. The molecule has 3 aromatic rings. The van der Waals surface area contributed by atoms with Crippen LogP contribution in [0.2, 0.25) is 0 Å². The summed E-state index contributed by atoms with van der Waals surface area (Å²) in [5.41, 5.74) is 2.81. The predicted molar refractivity (Wildman–Crippen MR) is 139 cm³/mol. The van der Waals surface area contributed by atoms with Gasteiger partial charge in [-0.15, -0.1) is 0 Å². The lowest BCUT2D eigenvalue weighted by Crippen LogP contribution is -2.46. The highest BCUT2D eigenvalue weighted by atomic mass is 32.2. The Morgan fingerprint density at radius 1 is 1.06 bits per heavy atom. The molecule has 0 atom stereocenters. The quantitative estimate of drug-likeness (QED) is 0.454. The number of amides is 1. The van der Waals surface area contributed by atoms with E-state index in [2.05, 4.69) is 15.0 Å². The van der Waals surface area contributed by atoms with E-state index in [1.165, 1.54) is 22.7 Å². The lowest BCUT2D eigenvalue weighted by atomic mass is 9.97. The molecule has 1 aliphatic heterocycles. The number of imidazole rings is 1. The number of nitrogens with one attached hydrogen (secondary N) is 2. The van der Waals surface area contributed by atoms with Gasteiger partial charge in [0.2, 0.25) is 21.9 Å². The van der Waals surface area contributed by atoms with E-state index in [-0.39, 0.29) is 24.9 Å². The molecule has 4 rings (SSSR count). The number of nitrogens with zero attached hydrogens (tertiary/aromatic N) is 4. The average Bonchev–Trinajstić information content (AvgIpc) is 3.15. The van der Waals surface area contributed by atoms with Gasteiger partial charge in [0, 0.05) is 38.8 Å². The maximum absolute atomic E-state index is 13.1. The van der Waals surface area contributed by atoms with Gasteiger partial charge in [0.05, 0.1) is 23.8 Å². The zero-order valence-corrected chi connectivity index (χ0v) is 22.0. The molecule has 1 aromatic heterocycles. The summed E-state index contributed by atoms with van der Waals surface area (Å²) in [6.45, 7) is 0.902. The molecule has 0 spiro atoms. The Kier molecular flexibility index (Phi) is 7.36. The van der Waals surface area contributed by atoms with Gasteiger partial charge >= 0.3 is 0 Å². The topological polar surface area (TPSA) is 134 Å². The van der Waals surface area contributed by atoms with Crippen molar-refractivity contribution in [2.75, 3.05) is 43.5 Å². The van der Waals surface area contributed by atoms with Gasteiger partial charge in [0.1, 0.15) is 0 Å². The molecule has 0 unspecified atom stereocenters. The van der Waals surface area contributed by atoms with Crippen molar-refractivity contribution in [2.45, 2.75) is 19.4 Å². The van der Waals surface area contributed by atoms with Gasteiger partial charge in [-0.1, -0.05) is 24.3 Å². The number of carbonyl (C=O) groups excluding carboxylic acids is 1. The molecule has 194 valence electrons. The number of piperidine rings is 1. The zero-order valence-electron chi connectivity index (χ0n) is 20.4. The van der Waals surface area contributed by atoms with Gasteiger partial charge in [-0.25, -0.2) is 13.4 Å². The van der Waals surface area contributed by atoms with E-state index in [9.17, 15) is 21.6 Å². The summed E-state index contributed by atoms with van der Waals surface area (Å²) < 4.78 is 54.9. The first kappa shape index (κ1) is 26.1. The minimum atomic E-state index is -3.51. The number of sulfonamides is 1. The van der Waals surface area contributed by atoms with Crippen molar-refractivity contribution in [1.29, 1.82) is 0 Å². The van der Waals surface area contributed by atoms with Crippen LogP contribution in [-0.4, -0.2) is 74.3 Å². The molecule has 2 N–H and O–H groups in total. The second kappa shape index (κ2) is 10.2. The van der Waals surface area contributed by atoms with E-state index in [4.69, 9.17) is 0 Å². The van der Waals surface area contributed by atoms with Crippen LogP contribution >= 0.6 is 0 Å². The highest BCUT2D eigenvalue weighted by molar-refractivity contribution is 7.92. The summed E-state index contributed by atoms with van der Waals surface area (Å²) in [4.78, 5) is 17.7. The van der Waals surface area contributed by atoms with E-state index in [1.54, 1.807) is 18.2 Å². The summed E-state index contributed by atoms with van der Waals surface area (Å²) >= 11 is 0. The Balaban J connectivity index is 1.54. The average molecular weight is 535 g/mol. The third kappa shape index (κ3) is 5.86. The van der Waals surface area contributed by atoms with Crippen molar-refractivity contribution in [1.82, 2.24) is 18.2 Å². The van der Waals surface area contributed by atoms with Crippen molar-refractivity contribution in [2.24, 2.45) is 5.92 Å². The Morgan fingerprint density at radius 2 is 1.75 bits per heavy atom. The number of hydrogen-bond acceptors (Lipinski definition) is 6. The van der Waals surface area contributed by atoms with Crippen LogP contribution in [0.4, 0.5) is 11.6 Å². The molecule has 11 nitrogen and oxygen atoms in total. The summed E-state index contributed by atoms with van der Waals surface area (Å²) in [5.74, 6) is -0.166. The fourth-order valence-corrected chi connectivity index (χ4v) is 5.94. The summed E-state index contributed by atoms with van der Waals surface area (Å²) in [6.07, 6.45) is 1.92. The Morgan fingerprint density at radius 3 is 2.42 bits per heavy atom. The molecule has 1 saturated heterocycles. The van der Waals surface area contributed by atoms with Crippen LogP contribution < -0.4 is 10.0 Å². The SMILES string of the molecule is CN(C)S(=O)(=O)N1CCC(C(=O)Nc2nc3ccccc3n2Cc2cccc(NS(C)(=O)=O)c2)CC1. The molecular weight excluding hydrogens is 504 g/mol. The van der Waals surface area contributed by atoms with Crippen molar-refractivity contribution in [3.8, 4) is 0 Å². The highest BCUT2D eigenvalue weighted by Gasteiger charge is 2.32. The number of rotatable bonds is 8. The van der Waals surface area contributed by atoms with Crippen molar-refractivity contribution in [3.05, 3.63) is 54.1 Å². The van der Waals surface area contributed by atoms with Gasteiger partial charge in [0.25, 0.3) is 10.2 Å². The number of carbonyl (C=O) groups is 1. The standard InChI is InChI=1S/C23H30N6O5S2/c1-27(2)36(33,34)28-13-11-18(12-14-28)22(30)25-23-24-20-9-4-5-10-21(20)29(23)16-17-7-6-8-19(15-17)26-35(3,31)32/h4-10,15,18,26H,11-14,16H2,1-3H3,(H,24,25,30). The normalized spacial score (nSPS) is 15.9. The van der Waals surface area contributed by atoms with Gasteiger partial charge in [-0.2, -0.15) is 17.0 Å². The molecule has 1 aliphatic rings. The van der Waals surface area contributed by atoms with Crippen molar-refractivity contribution < 1.29 is 21.6 Å². The van der Waals surface area contributed by atoms with Crippen LogP contribution in [-0.2, 0) is 31.6 Å². The third-order valence-corrected chi connectivity index (χ3v) is 8.62. The smallest absolute Gasteiger partial charge is 0.281 e. The molecule has 0 radical (unpaired) electrons. The minimum Gasteiger partial charge on any atom is -0.305 e. The second-order valence-corrected chi connectivity index (χ2v) is 12.9. The first-order chi connectivity index (χ1) is 16.9. The number of para-hydroxylation sites is 2. The predicted octanol–water partition coefficient (Wildman–Crippen LogP) is 1.91. The highest BCUT2D eigenvalue weighted by Crippen LogP contribution is 2.25. The van der Waals surface area contributed by atoms with Gasteiger partial charge in [-0.3, -0.25) is 14.8 Å². The van der Waals surface area contributed by atoms with Gasteiger partial charge in [-0.05, 0) is 42.7 Å². The first-order valence-electron chi connectivity index (χ1n) is 11.4. The summed E-state index contributed by atoms with van der Waals surface area (Å²) in [5, 5.41) is 2.94. The lowest BCUT2D eigenvalue weighted by Gasteiger charge is -2.32. The molecule has 1 fully saturated rings. The monoisotopic (exact) mass is 534 g/mol. The minimum absolute atomic E-state index is 0.207. The van der Waals surface area contributed by atoms with E-state index in [0.29, 0.717) is 36.5 Å². The van der Waals surface area contributed by atoms with E-state index in [0.717, 1.165) is 17.3 Å². The van der Waals surface area contributed by atoms with E-state index >= 15 is 0 Å². The molecule has 0 saturated carbocycles. The van der Waals surface area contributed by atoms with Crippen LogP contribution in [0.3, 0.4) is 0 Å². The molecule has 0 aliphatic carbocycles. The Labute approximate surface area is 211 Å². The van der Waals surface area contributed by atoms with Gasteiger partial charge < -0.3 is 4.57 Å². The van der Waals surface area contributed by atoms with Crippen molar-refractivity contribution in [3.63, 3.8) is 0 Å². The number of aromatic nitrogens is 2. The fraction of sp³-hybridized carbons (Fsp3) is 0.391. The van der Waals surface area contributed by atoms with Crippen LogP contribution in [0.5, 0.6) is 0 Å². The Hall–Kier alpha value is -3.00. The largest absolute Gasteiger partial charge is 0.305 e. The van der Waals surface area contributed by atoms with Crippen LogP contribution in [0.15, 0.2) is 48.5 Å². The molecule has 36 heavy (non-hydrogen) atoms. The van der Waals surface area contributed by atoms with Crippen molar-refractivity contribution >= 4 is 48.8 Å². The van der Waals surface area contributed by atoms with E-state index in [1.807, 2.05) is 34.9 Å². The molecule has 13 heteroatoms. The number of anilines is 2. The molecule has 2 heterocycles. The molecule has 2 aromatic carbocycles. The maximum Gasteiger partial charge on any atom is 0.281 e. The maximum atomic E-state index is 13.1. The van der Waals surface area contributed by atoms with Gasteiger partial charge in [0.15, 0.2) is 0 Å². The molecular formula is C23H30N6O5S2. The number of fused-ring (bicyclic) bond motifs is 1. The number of benzene rings is 2. The second-order valence-electron chi connectivity index (χ2n) is 9.04. The van der Waals surface area contributed by atoms with Crippen LogP contribution in [0, 0.1) is 5.92 Å². The summed E-state index contributed by atoms with van der Waals surface area (Å²) in [6, 6.07) is 14.5.